The Hall–Kier alpha value is -6.69. The van der Waals surface area contributed by atoms with Gasteiger partial charge in [-0.15, -0.1) is 5.70 Å². The van der Waals surface area contributed by atoms with E-state index < -0.39 is 5.41 Å². The first-order valence-electron chi connectivity index (χ1n) is 18.7. The van der Waals surface area contributed by atoms with Gasteiger partial charge in [-0.25, -0.2) is 0 Å². The van der Waals surface area contributed by atoms with E-state index in [0.717, 1.165) is 22.4 Å². The molecule has 0 N–H and O–H groups in total. The van der Waals surface area contributed by atoms with Gasteiger partial charge in [-0.3, -0.25) is 0 Å². The van der Waals surface area contributed by atoms with E-state index in [1.807, 2.05) is 24.3 Å². The van der Waals surface area contributed by atoms with E-state index in [-0.39, 0.29) is 11.5 Å². The summed E-state index contributed by atoms with van der Waals surface area (Å²) in [6.07, 6.45) is 4.46. The van der Waals surface area contributed by atoms with Crippen LogP contribution < -0.4 is 0 Å². The van der Waals surface area contributed by atoms with Crippen LogP contribution in [-0.2, 0) is 10.8 Å². The predicted molar refractivity (Wildman–Crippen MR) is 221 cm³/mol. The van der Waals surface area contributed by atoms with E-state index in [2.05, 4.69) is 178 Å². The molecule has 2 heteroatoms. The van der Waals surface area contributed by atoms with Gasteiger partial charge in [-0.05, 0) is 84.5 Å². The number of hydrogen-bond donors (Lipinski definition) is 0. The molecule has 0 saturated carbocycles. The van der Waals surface area contributed by atoms with Gasteiger partial charge in [0.05, 0.1) is 17.0 Å². The fraction of sp³-hybridized carbons (Fsp3) is 0.0962. The zero-order chi connectivity index (χ0) is 36.4. The highest BCUT2D eigenvalue weighted by atomic mass is 14.9. The van der Waals surface area contributed by atoms with Gasteiger partial charge in [0.2, 0.25) is 0 Å². The molecule has 0 bridgehead atoms. The first kappa shape index (κ1) is 32.0. The van der Waals surface area contributed by atoms with Crippen molar-refractivity contribution >= 4 is 11.3 Å². The predicted octanol–water partition coefficient (Wildman–Crippen LogP) is 12.8. The van der Waals surface area contributed by atoms with Crippen molar-refractivity contribution in [3.63, 3.8) is 0 Å². The van der Waals surface area contributed by atoms with Crippen LogP contribution in [0.1, 0.15) is 75.5 Å². The lowest BCUT2D eigenvalue weighted by Gasteiger charge is -2.46. The highest BCUT2D eigenvalue weighted by Crippen LogP contribution is 2.63. The highest BCUT2D eigenvalue weighted by molar-refractivity contribution is 5.95. The van der Waals surface area contributed by atoms with E-state index in [1.165, 1.54) is 61.2 Å². The second-order valence-corrected chi connectivity index (χ2v) is 15.1. The second-order valence-electron chi connectivity index (χ2n) is 15.1. The minimum atomic E-state index is -0.473. The average Bonchev–Trinajstić information content (AvgIpc) is 3.54. The summed E-state index contributed by atoms with van der Waals surface area (Å²) in [5, 5.41) is 15.4. The number of hydrogen-bond acceptors (Lipinski definition) is 1. The lowest BCUT2D eigenvalue weighted by molar-refractivity contribution is 0.563. The molecule has 0 amide bonds. The van der Waals surface area contributed by atoms with Gasteiger partial charge in [0.1, 0.15) is 0 Å². The number of fused-ring (bicyclic) bond motifs is 9. The smallest absolute Gasteiger partial charge is 0.0991 e. The summed E-state index contributed by atoms with van der Waals surface area (Å²) < 4.78 is 0. The molecule has 0 radical (unpaired) electrons. The van der Waals surface area contributed by atoms with Crippen molar-refractivity contribution in [3.8, 4) is 28.3 Å². The van der Waals surface area contributed by atoms with E-state index in [4.69, 9.17) is 5.32 Å². The standard InChI is InChI=1S/C52H37N2/c1-51(2)43-21-8-10-23-45(43)52(46-24-11-9-22-44(46)51)42-20-7-6-18-40(42)50-41(19-13-25-47(50)52)49-32-39(38-17-12-14-34(30-38)33-53)31-48(54-49)37-28-26-36(27-29-37)35-15-4-3-5-16-35/h3-32,49H,1-2H3/q-1. The van der Waals surface area contributed by atoms with Gasteiger partial charge in [0, 0.05) is 5.41 Å². The largest absolute Gasteiger partial charge is 0.674 e. The maximum atomic E-state index is 9.83. The zero-order valence-electron chi connectivity index (χ0n) is 30.3. The molecule has 1 aliphatic heterocycles. The summed E-state index contributed by atoms with van der Waals surface area (Å²) >= 11 is 0. The third-order valence-electron chi connectivity index (χ3n) is 11.9. The Morgan fingerprint density at radius 1 is 0.519 bits per heavy atom. The molecule has 2 nitrogen and oxygen atoms in total. The van der Waals surface area contributed by atoms with Crippen LogP contribution in [0.5, 0.6) is 0 Å². The van der Waals surface area contributed by atoms with Crippen LogP contribution in [0.15, 0.2) is 182 Å². The zero-order valence-corrected chi connectivity index (χ0v) is 30.3. The van der Waals surface area contributed by atoms with Crippen molar-refractivity contribution in [1.29, 1.82) is 5.26 Å². The van der Waals surface area contributed by atoms with E-state index in [9.17, 15) is 5.26 Å². The molecule has 1 atom stereocenters. The topological polar surface area (TPSA) is 37.9 Å². The minimum absolute atomic E-state index is 0.155. The van der Waals surface area contributed by atoms with Crippen LogP contribution in [-0.4, -0.2) is 0 Å². The monoisotopic (exact) mass is 689 g/mol. The van der Waals surface area contributed by atoms with E-state index in [0.29, 0.717) is 5.56 Å². The molecule has 1 spiro atoms. The van der Waals surface area contributed by atoms with Gasteiger partial charge >= 0.3 is 0 Å². The number of allylic oxidation sites excluding steroid dienone is 2. The van der Waals surface area contributed by atoms with Crippen molar-refractivity contribution in [2.24, 2.45) is 0 Å². The van der Waals surface area contributed by atoms with Gasteiger partial charge in [-0.1, -0.05) is 195 Å². The number of benzene rings is 7. The van der Waals surface area contributed by atoms with Crippen molar-refractivity contribution < 1.29 is 0 Å². The van der Waals surface area contributed by atoms with E-state index >= 15 is 0 Å². The molecular formula is C52H37N2-. The molecule has 10 rings (SSSR count). The SMILES string of the molecule is CC1(C)c2ccccc2C2(c3ccccc3-c3c(C4C=C(c5cccc(C#N)c5)C=C(c5ccc(-c6ccccc6)cc5)[N-]4)cccc32)c2ccccc21. The molecule has 1 heterocycles. The number of rotatable bonds is 4. The fourth-order valence-electron chi connectivity index (χ4n) is 9.50. The van der Waals surface area contributed by atoms with Crippen LogP contribution in [0.4, 0.5) is 0 Å². The van der Waals surface area contributed by atoms with Crippen molar-refractivity contribution in [2.75, 3.05) is 0 Å². The van der Waals surface area contributed by atoms with Gasteiger partial charge < -0.3 is 5.32 Å². The summed E-state index contributed by atoms with van der Waals surface area (Å²) in [5.41, 5.74) is 18.2. The number of nitriles is 1. The summed E-state index contributed by atoms with van der Waals surface area (Å²) in [4.78, 5) is 0. The average molecular weight is 690 g/mol. The van der Waals surface area contributed by atoms with E-state index in [1.54, 1.807) is 0 Å². The lowest BCUT2D eigenvalue weighted by Crippen LogP contribution is -2.40. The van der Waals surface area contributed by atoms with Gasteiger partial charge in [0.15, 0.2) is 0 Å². The Morgan fingerprint density at radius 2 is 1.07 bits per heavy atom. The Balaban J connectivity index is 1.19. The van der Waals surface area contributed by atoms with Crippen LogP contribution in [0.2, 0.25) is 0 Å². The molecule has 1 unspecified atom stereocenters. The van der Waals surface area contributed by atoms with Crippen molar-refractivity contribution in [2.45, 2.75) is 30.7 Å². The second kappa shape index (κ2) is 12.2. The summed E-state index contributed by atoms with van der Waals surface area (Å²) in [6, 6.07) is 63.3. The third kappa shape index (κ3) is 4.65. The molecule has 7 aromatic rings. The first-order valence-corrected chi connectivity index (χ1v) is 18.7. The molecule has 54 heavy (non-hydrogen) atoms. The molecule has 256 valence electrons. The quantitative estimate of drug-likeness (QED) is 0.181. The highest BCUT2D eigenvalue weighted by Gasteiger charge is 2.53. The molecule has 3 aliphatic rings. The minimum Gasteiger partial charge on any atom is -0.674 e. The summed E-state index contributed by atoms with van der Waals surface area (Å²) in [7, 11) is 0. The maximum absolute atomic E-state index is 9.83. The summed E-state index contributed by atoms with van der Waals surface area (Å²) in [6.45, 7) is 4.73. The summed E-state index contributed by atoms with van der Waals surface area (Å²) in [5.74, 6) is 0. The Kier molecular flexibility index (Phi) is 7.22. The van der Waals surface area contributed by atoms with Crippen molar-refractivity contribution in [3.05, 3.63) is 243 Å². The molecule has 0 aromatic heterocycles. The molecule has 7 aromatic carbocycles. The maximum Gasteiger partial charge on any atom is 0.0991 e. The Labute approximate surface area is 317 Å². The molecular weight excluding hydrogens is 653 g/mol. The van der Waals surface area contributed by atoms with Gasteiger partial charge in [0.25, 0.3) is 0 Å². The molecule has 0 saturated heterocycles. The Bertz CT molecular complexity index is 2670. The number of nitrogens with zero attached hydrogens (tertiary/aromatic N) is 2. The van der Waals surface area contributed by atoms with Crippen molar-refractivity contribution in [1.82, 2.24) is 0 Å². The van der Waals surface area contributed by atoms with Crippen LogP contribution in [0.3, 0.4) is 0 Å². The molecule has 0 fully saturated rings. The van der Waals surface area contributed by atoms with Gasteiger partial charge in [-0.2, -0.15) is 5.26 Å². The van der Waals surface area contributed by atoms with Crippen LogP contribution in [0.25, 0.3) is 38.8 Å². The Morgan fingerprint density at radius 3 is 1.78 bits per heavy atom. The van der Waals surface area contributed by atoms with Crippen LogP contribution in [0, 0.1) is 11.3 Å². The van der Waals surface area contributed by atoms with Crippen LogP contribution >= 0.6 is 0 Å². The first-order chi connectivity index (χ1) is 26.5. The third-order valence-corrected chi connectivity index (χ3v) is 11.9. The lowest BCUT2D eigenvalue weighted by atomic mass is 9.55. The fourth-order valence-corrected chi connectivity index (χ4v) is 9.50. The normalized spacial score (nSPS) is 16.8. The molecule has 2 aliphatic carbocycles.